The highest BCUT2D eigenvalue weighted by molar-refractivity contribution is 7.71. The fourth-order valence-electron chi connectivity index (χ4n) is 2.77. The summed E-state index contributed by atoms with van der Waals surface area (Å²) in [5.74, 6) is 1.08. The van der Waals surface area contributed by atoms with Crippen molar-refractivity contribution in [2.45, 2.75) is 6.10 Å². The summed E-state index contributed by atoms with van der Waals surface area (Å²) in [7, 11) is 0. The van der Waals surface area contributed by atoms with E-state index >= 15 is 0 Å². The second-order valence-electron chi connectivity index (χ2n) is 5.62. The topological polar surface area (TPSA) is 84.5 Å². The van der Waals surface area contributed by atoms with E-state index < -0.39 is 0 Å². The quantitative estimate of drug-likeness (QED) is 0.725. The predicted octanol–water partition coefficient (Wildman–Crippen LogP) is 3.21. The van der Waals surface area contributed by atoms with Gasteiger partial charge >= 0.3 is 0 Å². The first-order valence-electron chi connectivity index (χ1n) is 7.81. The number of aromatic amines is 1. The largest absolute Gasteiger partial charge is 0.467 e. The van der Waals surface area contributed by atoms with E-state index in [0.717, 1.165) is 11.3 Å². The third kappa shape index (κ3) is 3.26. The van der Waals surface area contributed by atoms with Crippen LogP contribution < -0.4 is 0 Å². The molecule has 0 saturated carbocycles. The minimum Gasteiger partial charge on any atom is -0.467 e. The van der Waals surface area contributed by atoms with Gasteiger partial charge in [0, 0.05) is 17.7 Å². The predicted molar refractivity (Wildman–Crippen MR) is 90.4 cm³/mol. The number of H-pyrrole nitrogens is 1. The van der Waals surface area contributed by atoms with Crippen LogP contribution in [0.5, 0.6) is 0 Å². The summed E-state index contributed by atoms with van der Waals surface area (Å²) in [5, 5.41) is 6.55. The number of hydrogen-bond donors (Lipinski definition) is 1. The average molecular weight is 357 g/mol. The van der Waals surface area contributed by atoms with Crippen LogP contribution in [0.1, 0.15) is 22.2 Å². The number of rotatable bonds is 3. The molecular weight excluding hydrogens is 342 g/mol. The summed E-state index contributed by atoms with van der Waals surface area (Å²) in [6, 6.07) is 10.7. The van der Waals surface area contributed by atoms with Crippen molar-refractivity contribution in [1.29, 1.82) is 0 Å². The highest BCUT2D eigenvalue weighted by atomic mass is 32.1. The molecule has 1 N–H and O–H groups in total. The molecule has 1 fully saturated rings. The smallest absolute Gasteiger partial charge is 0.284 e. The number of morpholine rings is 1. The molecule has 3 heterocycles. The number of nitrogens with zero attached hydrogens (tertiary/aromatic N) is 2. The zero-order valence-electron chi connectivity index (χ0n) is 13.2. The van der Waals surface area contributed by atoms with Crippen molar-refractivity contribution in [1.82, 2.24) is 15.1 Å². The molecule has 1 amide bonds. The summed E-state index contributed by atoms with van der Waals surface area (Å²) < 4.78 is 16.3. The average Bonchev–Trinajstić information content (AvgIpc) is 3.33. The van der Waals surface area contributed by atoms with Gasteiger partial charge in [0.15, 0.2) is 0 Å². The lowest BCUT2D eigenvalue weighted by Crippen LogP contribution is -2.42. The number of ether oxygens (including phenoxy) is 1. The normalized spacial score (nSPS) is 17.6. The fourth-order valence-corrected chi connectivity index (χ4v) is 2.90. The molecular formula is C17H15N3O4S. The number of amides is 1. The minimum absolute atomic E-state index is 0.0469. The molecule has 1 atom stereocenters. The molecule has 0 spiro atoms. The van der Waals surface area contributed by atoms with Gasteiger partial charge in [0.1, 0.15) is 11.9 Å². The second-order valence-corrected chi connectivity index (χ2v) is 5.99. The van der Waals surface area contributed by atoms with Crippen molar-refractivity contribution in [3.05, 3.63) is 58.8 Å². The standard InChI is InChI=1S/C17H15N3O4S/c21-16(20-7-9-23-14(10-20)13-2-1-8-22-13)12-5-3-11(4-6-12)15-18-19-17(25)24-15/h1-6,8,14H,7,9-10H2,(H,19,25). The fraction of sp³-hybridized carbons (Fsp3) is 0.235. The van der Waals surface area contributed by atoms with Crippen molar-refractivity contribution in [3.63, 3.8) is 0 Å². The Balaban J connectivity index is 1.49. The highest BCUT2D eigenvalue weighted by Crippen LogP contribution is 2.24. The van der Waals surface area contributed by atoms with Crippen LogP contribution in [0.4, 0.5) is 0 Å². The van der Waals surface area contributed by atoms with Crippen molar-refractivity contribution < 1.29 is 18.4 Å². The third-order valence-corrected chi connectivity index (χ3v) is 4.21. The second kappa shape index (κ2) is 6.66. The zero-order valence-corrected chi connectivity index (χ0v) is 14.0. The summed E-state index contributed by atoms with van der Waals surface area (Å²) in [6.45, 7) is 1.48. The number of carbonyl (C=O) groups excluding carboxylic acids is 1. The minimum atomic E-state index is -0.236. The van der Waals surface area contributed by atoms with Gasteiger partial charge < -0.3 is 18.5 Å². The molecule has 8 heteroatoms. The van der Waals surface area contributed by atoms with Gasteiger partial charge in [-0.15, -0.1) is 5.10 Å². The number of benzene rings is 1. The van der Waals surface area contributed by atoms with Crippen molar-refractivity contribution >= 4 is 18.1 Å². The molecule has 1 saturated heterocycles. The number of carbonyl (C=O) groups is 1. The van der Waals surface area contributed by atoms with Crippen molar-refractivity contribution in [2.75, 3.05) is 19.7 Å². The Kier molecular flexibility index (Phi) is 4.21. The molecule has 3 aromatic rings. The van der Waals surface area contributed by atoms with Crippen LogP contribution in [0.2, 0.25) is 0 Å². The molecule has 7 nitrogen and oxygen atoms in total. The molecule has 25 heavy (non-hydrogen) atoms. The van der Waals surface area contributed by atoms with Crippen LogP contribution in [0, 0.1) is 4.84 Å². The van der Waals surface area contributed by atoms with Gasteiger partial charge in [-0.3, -0.25) is 4.79 Å². The Labute approximate surface area is 148 Å². The molecule has 0 aliphatic carbocycles. The number of furan rings is 1. The van der Waals surface area contributed by atoms with Gasteiger partial charge in [-0.2, -0.15) is 0 Å². The lowest BCUT2D eigenvalue weighted by Gasteiger charge is -2.32. The molecule has 4 rings (SSSR count). The van der Waals surface area contributed by atoms with E-state index in [1.54, 1.807) is 35.4 Å². The van der Waals surface area contributed by atoms with E-state index in [9.17, 15) is 4.79 Å². The molecule has 1 aliphatic rings. The zero-order chi connectivity index (χ0) is 17.2. The SMILES string of the molecule is O=C(c1ccc(-c2n[nH]c(=S)o2)cc1)N1CCOC(c2ccco2)C1. The van der Waals surface area contributed by atoms with Gasteiger partial charge in [0.05, 0.1) is 19.4 Å². The van der Waals surface area contributed by atoms with Crippen molar-refractivity contribution in [3.8, 4) is 11.5 Å². The monoisotopic (exact) mass is 357 g/mol. The molecule has 1 aromatic carbocycles. The summed E-state index contributed by atoms with van der Waals surface area (Å²) in [4.78, 5) is 14.7. The van der Waals surface area contributed by atoms with Crippen LogP contribution >= 0.6 is 12.2 Å². The van der Waals surface area contributed by atoms with Crippen LogP contribution in [0.3, 0.4) is 0 Å². The molecule has 1 unspecified atom stereocenters. The van der Waals surface area contributed by atoms with Crippen molar-refractivity contribution in [2.24, 2.45) is 0 Å². The Hall–Kier alpha value is -2.71. The van der Waals surface area contributed by atoms with Gasteiger partial charge in [0.2, 0.25) is 5.89 Å². The molecule has 0 radical (unpaired) electrons. The van der Waals surface area contributed by atoms with Crippen LogP contribution in [0.15, 0.2) is 51.5 Å². The van der Waals surface area contributed by atoms with Crippen LogP contribution in [-0.2, 0) is 4.74 Å². The lowest BCUT2D eigenvalue weighted by molar-refractivity contribution is -0.0321. The first kappa shape index (κ1) is 15.8. The van der Waals surface area contributed by atoms with Crippen LogP contribution in [0.25, 0.3) is 11.5 Å². The molecule has 2 aromatic heterocycles. The first-order chi connectivity index (χ1) is 12.2. The van der Waals surface area contributed by atoms with E-state index in [-0.39, 0.29) is 16.8 Å². The van der Waals surface area contributed by atoms with Gasteiger partial charge in [-0.25, -0.2) is 5.10 Å². The molecule has 0 bridgehead atoms. The number of hydrogen-bond acceptors (Lipinski definition) is 6. The summed E-state index contributed by atoms with van der Waals surface area (Å²) in [6.07, 6.45) is 1.37. The third-order valence-electron chi connectivity index (χ3n) is 4.03. The van der Waals surface area contributed by atoms with Crippen LogP contribution in [-0.4, -0.2) is 40.7 Å². The maximum absolute atomic E-state index is 12.7. The summed E-state index contributed by atoms with van der Waals surface area (Å²) in [5.41, 5.74) is 1.34. The first-order valence-corrected chi connectivity index (χ1v) is 8.22. The highest BCUT2D eigenvalue weighted by Gasteiger charge is 2.27. The van der Waals surface area contributed by atoms with E-state index in [1.165, 1.54) is 0 Å². The molecule has 128 valence electrons. The van der Waals surface area contributed by atoms with E-state index in [1.807, 2.05) is 12.1 Å². The maximum atomic E-state index is 12.7. The van der Waals surface area contributed by atoms with Gasteiger partial charge in [-0.05, 0) is 48.6 Å². The lowest BCUT2D eigenvalue weighted by atomic mass is 10.1. The maximum Gasteiger partial charge on any atom is 0.284 e. The van der Waals surface area contributed by atoms with Gasteiger partial charge in [0.25, 0.3) is 10.7 Å². The number of nitrogens with one attached hydrogen (secondary N) is 1. The molecule has 1 aliphatic heterocycles. The Morgan fingerprint density at radius 2 is 2.12 bits per heavy atom. The van der Waals surface area contributed by atoms with E-state index in [0.29, 0.717) is 31.2 Å². The van der Waals surface area contributed by atoms with Gasteiger partial charge in [-0.1, -0.05) is 0 Å². The van der Waals surface area contributed by atoms with E-state index in [4.69, 9.17) is 25.8 Å². The number of aromatic nitrogens is 2. The Morgan fingerprint density at radius 3 is 2.80 bits per heavy atom. The van der Waals surface area contributed by atoms with E-state index in [2.05, 4.69) is 10.2 Å². The Bertz CT molecular complexity index is 914. The summed E-state index contributed by atoms with van der Waals surface area (Å²) >= 11 is 4.87. The Morgan fingerprint density at radius 1 is 1.28 bits per heavy atom.